The molecule has 3 atom stereocenters. The molecule has 0 aromatic carbocycles. The standard InChI is InChI=1S/C57H109N2O7P/c1-7-10-13-16-19-22-25-28-30-31-34-37-40-43-46-49-56(60)58-54(53-65-67(62,63)64-52-51-59(4,5)6)55(48-45-42-39-36-33-27-24-21-18-15-12-9-3)66-57(61)50-47-44-41-38-35-32-29-26-23-20-17-14-11-8-2/h11,14,20,23,45,48,54-55H,7-10,12-13,15-19,21-22,24-44,46-47,49-53H2,1-6H3,(H-,58,60,62,63)/p+1/b14-11+,23-20+,48-45+. The number of likely N-dealkylation sites (N-methyl/N-ethyl adjacent to an activating group) is 1. The van der Waals surface area contributed by atoms with Gasteiger partial charge in [-0.2, -0.15) is 0 Å². The largest absolute Gasteiger partial charge is 0.472 e. The van der Waals surface area contributed by atoms with Gasteiger partial charge in [0.2, 0.25) is 5.91 Å². The Balaban J connectivity index is 5.35. The van der Waals surface area contributed by atoms with Crippen LogP contribution in [-0.4, -0.2) is 74.3 Å². The Morgan fingerprint density at radius 2 is 0.955 bits per heavy atom. The van der Waals surface area contributed by atoms with Crippen LogP contribution >= 0.6 is 7.82 Å². The van der Waals surface area contributed by atoms with Gasteiger partial charge in [-0.05, 0) is 57.4 Å². The summed E-state index contributed by atoms with van der Waals surface area (Å²) in [6, 6.07) is -0.845. The molecule has 1 amide bonds. The summed E-state index contributed by atoms with van der Waals surface area (Å²) in [5.41, 5.74) is 0. The predicted molar refractivity (Wildman–Crippen MR) is 286 cm³/mol. The normalized spacial score (nSPS) is 14.1. The third kappa shape index (κ3) is 49.0. The number of allylic oxidation sites excluding steroid dienone is 5. The van der Waals surface area contributed by atoms with Gasteiger partial charge in [0, 0.05) is 12.8 Å². The monoisotopic (exact) mass is 966 g/mol. The first-order chi connectivity index (χ1) is 32.4. The van der Waals surface area contributed by atoms with E-state index in [1.54, 1.807) is 0 Å². The van der Waals surface area contributed by atoms with Crippen molar-refractivity contribution in [1.29, 1.82) is 0 Å². The van der Waals surface area contributed by atoms with Gasteiger partial charge in [0.05, 0.1) is 33.8 Å². The van der Waals surface area contributed by atoms with Gasteiger partial charge in [-0.3, -0.25) is 18.6 Å². The molecule has 0 radical (unpaired) electrons. The summed E-state index contributed by atoms with van der Waals surface area (Å²) in [4.78, 5) is 37.5. The summed E-state index contributed by atoms with van der Waals surface area (Å²) < 4.78 is 30.6. The molecule has 67 heavy (non-hydrogen) atoms. The second-order valence-electron chi connectivity index (χ2n) is 20.4. The summed E-state index contributed by atoms with van der Waals surface area (Å²) in [7, 11) is 1.50. The van der Waals surface area contributed by atoms with E-state index < -0.39 is 20.0 Å². The zero-order valence-electron chi connectivity index (χ0n) is 44.9. The minimum atomic E-state index is -4.44. The number of phosphoric acid groups is 1. The highest BCUT2D eigenvalue weighted by Gasteiger charge is 2.30. The van der Waals surface area contributed by atoms with Gasteiger partial charge in [0.15, 0.2) is 0 Å². The molecule has 0 saturated heterocycles. The fourth-order valence-electron chi connectivity index (χ4n) is 8.21. The number of rotatable bonds is 51. The fraction of sp³-hybridized carbons (Fsp3) is 0.860. The van der Waals surface area contributed by atoms with Gasteiger partial charge in [-0.1, -0.05) is 231 Å². The summed E-state index contributed by atoms with van der Waals surface area (Å²) in [5, 5.41) is 3.05. The van der Waals surface area contributed by atoms with E-state index in [0.717, 1.165) is 83.5 Å². The number of hydrogen-bond acceptors (Lipinski definition) is 6. The van der Waals surface area contributed by atoms with Crippen molar-refractivity contribution < 1.29 is 37.3 Å². The number of carbonyl (C=O) groups is 2. The van der Waals surface area contributed by atoms with E-state index >= 15 is 0 Å². The van der Waals surface area contributed by atoms with E-state index in [1.807, 2.05) is 33.3 Å². The van der Waals surface area contributed by atoms with E-state index in [1.165, 1.54) is 148 Å². The van der Waals surface area contributed by atoms with Crippen LogP contribution < -0.4 is 5.32 Å². The Labute approximate surface area is 415 Å². The lowest BCUT2D eigenvalue weighted by Crippen LogP contribution is -2.47. The van der Waals surface area contributed by atoms with Gasteiger partial charge in [-0.25, -0.2) is 4.57 Å². The number of quaternary nitrogens is 1. The van der Waals surface area contributed by atoms with E-state index in [2.05, 4.69) is 50.4 Å². The van der Waals surface area contributed by atoms with Gasteiger partial charge < -0.3 is 19.4 Å². The Kier molecular flexibility index (Phi) is 46.6. The van der Waals surface area contributed by atoms with Crippen LogP contribution in [0.2, 0.25) is 0 Å². The smallest absolute Gasteiger partial charge is 0.456 e. The maximum atomic E-state index is 13.5. The summed E-state index contributed by atoms with van der Waals surface area (Å²) in [5.74, 6) is -0.506. The fourth-order valence-corrected chi connectivity index (χ4v) is 8.95. The van der Waals surface area contributed by atoms with Crippen LogP contribution in [-0.2, 0) is 27.9 Å². The topological polar surface area (TPSA) is 111 Å². The molecule has 394 valence electrons. The number of nitrogens with zero attached hydrogens (tertiary/aromatic N) is 1. The molecule has 0 aromatic rings. The van der Waals surface area contributed by atoms with Crippen LogP contribution in [0.25, 0.3) is 0 Å². The van der Waals surface area contributed by atoms with Crippen LogP contribution in [0, 0.1) is 0 Å². The highest BCUT2D eigenvalue weighted by atomic mass is 31.2. The number of unbranched alkanes of at least 4 members (excludes halogenated alkanes) is 31. The maximum absolute atomic E-state index is 13.5. The Bertz CT molecular complexity index is 1250. The van der Waals surface area contributed by atoms with Crippen molar-refractivity contribution in [2.75, 3.05) is 40.9 Å². The van der Waals surface area contributed by atoms with Gasteiger partial charge >= 0.3 is 13.8 Å². The molecule has 0 fully saturated rings. The molecule has 0 aliphatic carbocycles. The molecule has 0 aromatic heterocycles. The van der Waals surface area contributed by atoms with E-state index in [0.29, 0.717) is 17.4 Å². The average Bonchev–Trinajstić information content (AvgIpc) is 3.28. The lowest BCUT2D eigenvalue weighted by Gasteiger charge is -2.27. The van der Waals surface area contributed by atoms with Gasteiger partial charge in [0.1, 0.15) is 19.3 Å². The van der Waals surface area contributed by atoms with Crippen molar-refractivity contribution in [2.24, 2.45) is 0 Å². The Morgan fingerprint density at radius 3 is 1.42 bits per heavy atom. The molecule has 0 rings (SSSR count). The first-order valence-electron chi connectivity index (χ1n) is 28.3. The number of phosphoric ester groups is 1. The van der Waals surface area contributed by atoms with Crippen LogP contribution in [0.3, 0.4) is 0 Å². The highest BCUT2D eigenvalue weighted by molar-refractivity contribution is 7.47. The first kappa shape index (κ1) is 65.2. The van der Waals surface area contributed by atoms with Crippen molar-refractivity contribution in [1.82, 2.24) is 5.32 Å². The minimum absolute atomic E-state index is 0.0409. The molecule has 0 saturated carbocycles. The zero-order chi connectivity index (χ0) is 49.4. The Morgan fingerprint density at radius 1 is 0.537 bits per heavy atom. The molecule has 0 aliphatic rings. The first-order valence-corrected chi connectivity index (χ1v) is 29.8. The quantitative estimate of drug-likeness (QED) is 0.0205. The zero-order valence-corrected chi connectivity index (χ0v) is 45.8. The molecule has 0 spiro atoms. The number of amides is 1. The number of ether oxygens (including phenoxy) is 1. The van der Waals surface area contributed by atoms with Crippen molar-refractivity contribution in [3.05, 3.63) is 36.5 Å². The van der Waals surface area contributed by atoms with Crippen LogP contribution in [0.1, 0.15) is 265 Å². The summed E-state index contributed by atoms with van der Waals surface area (Å²) in [6.07, 6.45) is 55.6. The molecular formula is C57H110N2O7P+. The molecule has 10 heteroatoms. The van der Waals surface area contributed by atoms with Crippen LogP contribution in [0.15, 0.2) is 36.5 Å². The number of hydrogen-bond donors (Lipinski definition) is 2. The second-order valence-corrected chi connectivity index (χ2v) is 21.9. The molecule has 2 N–H and O–H groups in total. The third-order valence-corrected chi connectivity index (χ3v) is 13.6. The van der Waals surface area contributed by atoms with Crippen molar-refractivity contribution >= 4 is 19.7 Å². The second kappa shape index (κ2) is 47.9. The Hall–Kier alpha value is -1.77. The van der Waals surface area contributed by atoms with E-state index in [9.17, 15) is 19.0 Å². The van der Waals surface area contributed by atoms with Gasteiger partial charge in [0.25, 0.3) is 0 Å². The molecule has 9 nitrogen and oxygen atoms in total. The van der Waals surface area contributed by atoms with Crippen molar-refractivity contribution in [3.63, 3.8) is 0 Å². The number of carbonyl (C=O) groups excluding carboxylic acids is 2. The molecular weight excluding hydrogens is 856 g/mol. The molecule has 0 bridgehead atoms. The van der Waals surface area contributed by atoms with Crippen molar-refractivity contribution in [2.45, 2.75) is 277 Å². The lowest BCUT2D eigenvalue weighted by molar-refractivity contribution is -0.870. The predicted octanol–water partition coefficient (Wildman–Crippen LogP) is 16.8. The number of esters is 1. The van der Waals surface area contributed by atoms with Crippen LogP contribution in [0.5, 0.6) is 0 Å². The van der Waals surface area contributed by atoms with Gasteiger partial charge in [-0.15, -0.1) is 0 Å². The maximum Gasteiger partial charge on any atom is 0.472 e. The molecule has 0 heterocycles. The average molecular weight is 966 g/mol. The SMILES string of the molecule is CC/C=C/C/C=C/CCCCCCCCCC(=O)OC(/C=C/CCCCCCCCCCCC)C(COP(=O)(O)OCC[N+](C)(C)C)NC(=O)CCCCCCCCCCCCCCCCC. The van der Waals surface area contributed by atoms with E-state index in [4.69, 9.17) is 13.8 Å². The summed E-state index contributed by atoms with van der Waals surface area (Å²) >= 11 is 0. The highest BCUT2D eigenvalue weighted by Crippen LogP contribution is 2.43. The van der Waals surface area contributed by atoms with E-state index in [-0.39, 0.29) is 31.5 Å². The molecule has 0 aliphatic heterocycles. The third-order valence-electron chi connectivity index (χ3n) is 12.6. The number of nitrogens with one attached hydrogen (secondary N) is 1. The van der Waals surface area contributed by atoms with Crippen molar-refractivity contribution in [3.8, 4) is 0 Å². The van der Waals surface area contributed by atoms with Crippen LogP contribution in [0.4, 0.5) is 0 Å². The molecule has 3 unspecified atom stereocenters. The lowest BCUT2D eigenvalue weighted by atomic mass is 10.0. The minimum Gasteiger partial charge on any atom is -0.456 e. The summed E-state index contributed by atoms with van der Waals surface area (Å²) in [6.45, 7) is 6.92.